The van der Waals surface area contributed by atoms with Crippen LogP contribution < -0.4 is 10.1 Å². The molecule has 1 aromatic heterocycles. The second-order valence-corrected chi connectivity index (χ2v) is 5.60. The van der Waals surface area contributed by atoms with Crippen LogP contribution in [0.15, 0.2) is 6.07 Å². The van der Waals surface area contributed by atoms with Gasteiger partial charge in [0, 0.05) is 25.3 Å². The van der Waals surface area contributed by atoms with Crippen molar-refractivity contribution >= 4 is 29.3 Å². The Hall–Kier alpha value is -1.62. The zero-order valence-corrected chi connectivity index (χ0v) is 12.4. The van der Waals surface area contributed by atoms with Crippen molar-refractivity contribution in [2.75, 3.05) is 5.32 Å². The van der Waals surface area contributed by atoms with Gasteiger partial charge in [-0.2, -0.15) is 0 Å². The molecule has 1 aromatic rings. The van der Waals surface area contributed by atoms with Gasteiger partial charge in [0.25, 0.3) is 0 Å². The van der Waals surface area contributed by atoms with Gasteiger partial charge in [-0.1, -0.05) is 32.4 Å². The summed E-state index contributed by atoms with van der Waals surface area (Å²) in [4.78, 5) is 26.5. The van der Waals surface area contributed by atoms with E-state index in [1.54, 1.807) is 0 Å². The van der Waals surface area contributed by atoms with Crippen molar-refractivity contribution in [3.8, 4) is 5.75 Å². The molecule has 1 rings (SSSR count). The van der Waals surface area contributed by atoms with Crippen LogP contribution >= 0.6 is 11.6 Å². The quantitative estimate of drug-likeness (QED) is 0.848. The lowest BCUT2D eigenvalue weighted by Gasteiger charge is -2.21. The molecule has 0 saturated carbocycles. The van der Waals surface area contributed by atoms with Crippen LogP contribution in [0.1, 0.15) is 40.3 Å². The molecule has 0 radical (unpaired) electrons. The molecule has 6 heteroatoms. The predicted octanol–water partition coefficient (Wildman–Crippen LogP) is 2.92. The van der Waals surface area contributed by atoms with E-state index < -0.39 is 5.97 Å². The van der Waals surface area contributed by atoms with Crippen molar-refractivity contribution in [3.05, 3.63) is 16.8 Å². The normalized spacial score (nSPS) is 11.1. The molecule has 0 aliphatic rings. The number of carbonyl (C=O) groups excluding carboxylic acids is 2. The molecule has 5 nitrogen and oxygen atoms in total. The summed E-state index contributed by atoms with van der Waals surface area (Å²) in [6.45, 7) is 8.46. The fourth-order valence-corrected chi connectivity index (χ4v) is 1.91. The standard InChI is InChI=1S/C13H17ClN2O3/c1-7(17)15-12-10(19-8(2)18)6-9(14)11(16-12)13(3,4)5/h6H,1-5H3,(H,15,16,17). The molecular formula is C13H17ClN2O3. The molecule has 0 spiro atoms. The molecule has 1 N–H and O–H groups in total. The molecule has 0 aliphatic heterocycles. The second kappa shape index (κ2) is 5.57. The van der Waals surface area contributed by atoms with Gasteiger partial charge in [-0.25, -0.2) is 4.98 Å². The number of pyridine rings is 1. The Bertz CT molecular complexity index is 521. The Labute approximate surface area is 117 Å². The minimum absolute atomic E-state index is 0.140. The van der Waals surface area contributed by atoms with Gasteiger partial charge in [0.05, 0.1) is 10.7 Å². The Morgan fingerprint density at radius 2 is 1.89 bits per heavy atom. The van der Waals surface area contributed by atoms with Gasteiger partial charge in [-0.05, 0) is 0 Å². The van der Waals surface area contributed by atoms with E-state index in [9.17, 15) is 9.59 Å². The first-order valence-corrected chi connectivity index (χ1v) is 6.16. The smallest absolute Gasteiger partial charge is 0.308 e. The maximum atomic E-state index is 11.2. The second-order valence-electron chi connectivity index (χ2n) is 5.19. The highest BCUT2D eigenvalue weighted by atomic mass is 35.5. The fraction of sp³-hybridized carbons (Fsp3) is 0.462. The minimum atomic E-state index is -0.507. The summed E-state index contributed by atoms with van der Waals surface area (Å²) in [5, 5.41) is 2.92. The number of nitrogens with zero attached hydrogens (tertiary/aromatic N) is 1. The zero-order chi connectivity index (χ0) is 14.8. The third-order valence-corrected chi connectivity index (χ3v) is 2.49. The maximum Gasteiger partial charge on any atom is 0.308 e. The van der Waals surface area contributed by atoms with Gasteiger partial charge >= 0.3 is 5.97 Å². The van der Waals surface area contributed by atoms with E-state index in [1.165, 1.54) is 19.9 Å². The first kappa shape index (κ1) is 15.4. The summed E-state index contributed by atoms with van der Waals surface area (Å²) in [6.07, 6.45) is 0. The molecule has 1 heterocycles. The van der Waals surface area contributed by atoms with Crippen molar-refractivity contribution in [1.82, 2.24) is 4.98 Å². The van der Waals surface area contributed by atoms with Crippen LogP contribution in [0.5, 0.6) is 5.75 Å². The first-order chi connectivity index (χ1) is 8.61. The summed E-state index contributed by atoms with van der Waals surface area (Å²) >= 11 is 6.14. The number of rotatable bonds is 2. The number of amides is 1. The summed E-state index contributed by atoms with van der Waals surface area (Å²) in [5.41, 5.74) is 0.327. The SMILES string of the molecule is CC(=O)Nc1nc(C(C)(C)C)c(Cl)cc1OC(C)=O. The van der Waals surface area contributed by atoms with Gasteiger partial charge in [-0.15, -0.1) is 0 Å². The Morgan fingerprint density at radius 3 is 2.32 bits per heavy atom. The summed E-state index contributed by atoms with van der Waals surface area (Å²) in [5.74, 6) is -0.478. The number of ether oxygens (including phenoxy) is 1. The van der Waals surface area contributed by atoms with E-state index >= 15 is 0 Å². The van der Waals surface area contributed by atoms with Crippen LogP contribution in [0.25, 0.3) is 0 Å². The van der Waals surface area contributed by atoms with Gasteiger partial charge in [0.2, 0.25) is 5.91 Å². The van der Waals surface area contributed by atoms with E-state index in [4.69, 9.17) is 16.3 Å². The average molecular weight is 285 g/mol. The van der Waals surface area contributed by atoms with Crippen LogP contribution in [-0.2, 0) is 15.0 Å². The highest BCUT2D eigenvalue weighted by molar-refractivity contribution is 6.31. The summed E-state index contributed by atoms with van der Waals surface area (Å²) < 4.78 is 4.99. The van der Waals surface area contributed by atoms with Gasteiger partial charge in [0.15, 0.2) is 11.6 Å². The highest BCUT2D eigenvalue weighted by Crippen LogP contribution is 2.34. The lowest BCUT2D eigenvalue weighted by Crippen LogP contribution is -2.18. The van der Waals surface area contributed by atoms with E-state index in [0.29, 0.717) is 10.7 Å². The molecule has 0 bridgehead atoms. The predicted molar refractivity (Wildman–Crippen MR) is 73.6 cm³/mol. The molecule has 1 amide bonds. The summed E-state index contributed by atoms with van der Waals surface area (Å²) in [7, 11) is 0. The number of aromatic nitrogens is 1. The van der Waals surface area contributed by atoms with Crippen molar-refractivity contribution in [1.29, 1.82) is 0 Å². The largest absolute Gasteiger partial charge is 0.423 e. The Balaban J connectivity index is 3.36. The van der Waals surface area contributed by atoms with Crippen molar-refractivity contribution in [3.63, 3.8) is 0 Å². The molecular weight excluding hydrogens is 268 g/mol. The molecule has 19 heavy (non-hydrogen) atoms. The minimum Gasteiger partial charge on any atom is -0.423 e. The lowest BCUT2D eigenvalue weighted by molar-refractivity contribution is -0.131. The fourth-order valence-electron chi connectivity index (χ4n) is 1.49. The van der Waals surface area contributed by atoms with E-state index in [2.05, 4.69) is 10.3 Å². The molecule has 0 atom stereocenters. The molecule has 0 saturated heterocycles. The maximum absolute atomic E-state index is 11.2. The van der Waals surface area contributed by atoms with Crippen LogP contribution in [0.3, 0.4) is 0 Å². The number of halogens is 1. The Kier molecular flexibility index (Phi) is 4.52. The van der Waals surface area contributed by atoms with E-state index in [1.807, 2.05) is 20.8 Å². The number of nitrogens with one attached hydrogen (secondary N) is 1. The molecule has 0 unspecified atom stereocenters. The van der Waals surface area contributed by atoms with E-state index in [0.717, 1.165) is 0 Å². The molecule has 0 fully saturated rings. The number of anilines is 1. The number of esters is 1. The first-order valence-electron chi connectivity index (χ1n) is 5.78. The Morgan fingerprint density at radius 1 is 1.32 bits per heavy atom. The lowest BCUT2D eigenvalue weighted by atomic mass is 9.91. The van der Waals surface area contributed by atoms with Gasteiger partial charge in [-0.3, -0.25) is 9.59 Å². The van der Waals surface area contributed by atoms with Gasteiger partial charge < -0.3 is 10.1 Å². The third-order valence-electron chi connectivity index (χ3n) is 2.20. The monoisotopic (exact) mass is 284 g/mol. The zero-order valence-electron chi connectivity index (χ0n) is 11.6. The van der Waals surface area contributed by atoms with Crippen LogP contribution in [0.4, 0.5) is 5.82 Å². The van der Waals surface area contributed by atoms with Crippen molar-refractivity contribution in [2.24, 2.45) is 0 Å². The topological polar surface area (TPSA) is 68.3 Å². The van der Waals surface area contributed by atoms with Gasteiger partial charge in [0.1, 0.15) is 0 Å². The van der Waals surface area contributed by atoms with Crippen LogP contribution in [0, 0.1) is 0 Å². The van der Waals surface area contributed by atoms with Crippen molar-refractivity contribution < 1.29 is 14.3 Å². The third kappa shape index (κ3) is 4.21. The van der Waals surface area contributed by atoms with Crippen molar-refractivity contribution in [2.45, 2.75) is 40.0 Å². The molecule has 104 valence electrons. The molecule has 0 aromatic carbocycles. The average Bonchev–Trinajstić information content (AvgIpc) is 2.18. The van der Waals surface area contributed by atoms with E-state index in [-0.39, 0.29) is 22.9 Å². The molecule has 0 aliphatic carbocycles. The number of carbonyl (C=O) groups is 2. The number of hydrogen-bond donors (Lipinski definition) is 1. The number of hydrogen-bond acceptors (Lipinski definition) is 4. The van der Waals surface area contributed by atoms with Crippen LogP contribution in [0.2, 0.25) is 5.02 Å². The highest BCUT2D eigenvalue weighted by Gasteiger charge is 2.23. The van der Waals surface area contributed by atoms with Crippen LogP contribution in [-0.4, -0.2) is 16.9 Å². The summed E-state index contributed by atoms with van der Waals surface area (Å²) in [6, 6.07) is 1.49.